The van der Waals surface area contributed by atoms with Crippen LogP contribution in [0.5, 0.6) is 0 Å². The van der Waals surface area contributed by atoms with Crippen LogP contribution in [0.15, 0.2) is 22.8 Å². The number of allylic oxidation sites excluding steroid dienone is 2. The molecule has 0 radical (unpaired) electrons. The highest BCUT2D eigenvalue weighted by molar-refractivity contribution is 5.76. The van der Waals surface area contributed by atoms with Gasteiger partial charge in [-0.2, -0.15) is 0 Å². The third kappa shape index (κ3) is 2.43. The Hall–Kier alpha value is -1.66. The van der Waals surface area contributed by atoms with Gasteiger partial charge < -0.3 is 19.7 Å². The average Bonchev–Trinajstić information content (AvgIpc) is 3.49. The first-order valence-electron chi connectivity index (χ1n) is 14.1. The summed E-state index contributed by atoms with van der Waals surface area (Å²) in [7, 11) is 0. The molecule has 1 unspecified atom stereocenters. The Balaban J connectivity index is 1.47. The van der Waals surface area contributed by atoms with Crippen molar-refractivity contribution in [3.63, 3.8) is 0 Å². The van der Waals surface area contributed by atoms with E-state index in [4.69, 9.17) is 9.47 Å². The summed E-state index contributed by atoms with van der Waals surface area (Å²) in [5.41, 5.74) is 1.23. The number of hydrogen-bond donors (Lipinski definition) is 2. The van der Waals surface area contributed by atoms with Crippen molar-refractivity contribution >= 4 is 11.9 Å². The molecule has 5 fully saturated rings. The normalized spacial score (nSPS) is 58.8. The maximum Gasteiger partial charge on any atom is 0.309 e. The van der Waals surface area contributed by atoms with Crippen molar-refractivity contribution in [3.05, 3.63) is 22.8 Å². The van der Waals surface area contributed by atoms with Crippen LogP contribution in [0.2, 0.25) is 0 Å². The van der Waals surface area contributed by atoms with Crippen LogP contribution in [-0.2, 0) is 19.1 Å². The summed E-state index contributed by atoms with van der Waals surface area (Å²) in [6.07, 6.45) is 4.59. The van der Waals surface area contributed by atoms with Crippen LogP contribution in [0, 0.1) is 58.7 Å². The van der Waals surface area contributed by atoms with E-state index in [-0.39, 0.29) is 77.4 Å². The van der Waals surface area contributed by atoms with Crippen molar-refractivity contribution in [1.29, 1.82) is 0 Å². The summed E-state index contributed by atoms with van der Waals surface area (Å²) < 4.78 is 12.4. The maximum absolute atomic E-state index is 13.0. The summed E-state index contributed by atoms with van der Waals surface area (Å²) in [6, 6.07) is 0. The molecule has 2 bridgehead atoms. The minimum Gasteiger partial charge on any atom is -0.461 e. The summed E-state index contributed by atoms with van der Waals surface area (Å²) in [5.74, 6) is -0.460. The summed E-state index contributed by atoms with van der Waals surface area (Å²) in [6.45, 7) is 12.2. The molecular weight excluding hydrogens is 456 g/mol. The van der Waals surface area contributed by atoms with Crippen molar-refractivity contribution in [1.82, 2.24) is 0 Å². The van der Waals surface area contributed by atoms with Crippen LogP contribution in [0.1, 0.15) is 67.2 Å². The fraction of sp³-hybridized carbons (Fsp3) is 0.800. The number of esters is 2. The fourth-order valence-electron chi connectivity index (χ4n) is 11.0. The highest BCUT2D eigenvalue weighted by Crippen LogP contribution is 2.78. The topological polar surface area (TPSA) is 93.1 Å². The molecule has 0 aromatic rings. The monoisotopic (exact) mass is 496 g/mol. The minimum atomic E-state index is -0.931. The molecule has 6 nitrogen and oxygen atoms in total. The number of aliphatic hydroxyl groups is 2. The van der Waals surface area contributed by atoms with E-state index in [0.29, 0.717) is 12.8 Å². The molecule has 0 spiro atoms. The van der Waals surface area contributed by atoms with Crippen molar-refractivity contribution in [3.8, 4) is 0 Å². The number of carbonyl (C=O) groups is 2. The molecule has 36 heavy (non-hydrogen) atoms. The Morgan fingerprint density at radius 1 is 0.889 bits per heavy atom. The fourth-order valence-corrected chi connectivity index (χ4v) is 11.0. The number of carbonyl (C=O) groups excluding carboxylic acids is 2. The van der Waals surface area contributed by atoms with E-state index in [1.165, 1.54) is 11.1 Å². The van der Waals surface area contributed by atoms with Gasteiger partial charge in [0, 0.05) is 29.1 Å². The lowest BCUT2D eigenvalue weighted by atomic mass is 9.58. The largest absolute Gasteiger partial charge is 0.461 e. The van der Waals surface area contributed by atoms with E-state index in [1.807, 2.05) is 27.7 Å². The van der Waals surface area contributed by atoms with Gasteiger partial charge in [0.1, 0.15) is 12.2 Å². The number of fused-ring (bicyclic) bond motifs is 7. The Morgan fingerprint density at radius 2 is 1.50 bits per heavy atom. The van der Waals surface area contributed by atoms with Crippen LogP contribution in [-0.4, -0.2) is 45.6 Å². The molecular formula is C30H40O6. The Bertz CT molecular complexity index is 1130. The maximum atomic E-state index is 13.0. The van der Waals surface area contributed by atoms with E-state index in [1.54, 1.807) is 0 Å². The van der Waals surface area contributed by atoms with E-state index >= 15 is 0 Å². The van der Waals surface area contributed by atoms with Gasteiger partial charge in [-0.15, -0.1) is 0 Å². The minimum absolute atomic E-state index is 0.0486. The Kier molecular flexibility index (Phi) is 4.46. The molecule has 0 aromatic heterocycles. The van der Waals surface area contributed by atoms with Crippen LogP contribution in [0.4, 0.5) is 0 Å². The van der Waals surface area contributed by atoms with Crippen LogP contribution >= 0.6 is 0 Å². The Morgan fingerprint density at radius 3 is 2.22 bits per heavy atom. The number of ether oxygens (including phenoxy) is 2. The third-order valence-electron chi connectivity index (χ3n) is 12.4. The zero-order valence-corrected chi connectivity index (χ0v) is 22.3. The SMILES string of the molecule is CC1=C[C@H]2[C@H]3C4C(=C(C)[C@H]3[C@]13[C@H]1OC(=O)[C@@H](C)[C@@H]1CC[C@](C)(O)[C@@H]23)[C@H]1OC(=O)[C@@H](C)[C@@H]1CC[C@]4(C)O. The molecule has 5 aliphatic carbocycles. The van der Waals surface area contributed by atoms with Gasteiger partial charge in [-0.1, -0.05) is 31.1 Å². The van der Waals surface area contributed by atoms with Crippen molar-refractivity contribution in [2.24, 2.45) is 58.7 Å². The molecule has 14 atom stereocenters. The molecule has 7 aliphatic rings. The third-order valence-corrected chi connectivity index (χ3v) is 12.4. The summed E-state index contributed by atoms with van der Waals surface area (Å²) in [5, 5.41) is 24.1. The van der Waals surface area contributed by atoms with Gasteiger partial charge in [-0.3, -0.25) is 9.59 Å². The quantitative estimate of drug-likeness (QED) is 0.391. The van der Waals surface area contributed by atoms with E-state index in [9.17, 15) is 19.8 Å². The predicted molar refractivity (Wildman–Crippen MR) is 131 cm³/mol. The lowest BCUT2D eigenvalue weighted by molar-refractivity contribution is -0.153. The average molecular weight is 497 g/mol. The molecule has 6 heteroatoms. The first-order valence-corrected chi connectivity index (χ1v) is 14.1. The molecule has 196 valence electrons. The molecule has 2 N–H and O–H groups in total. The van der Waals surface area contributed by atoms with Crippen molar-refractivity contribution < 1.29 is 29.3 Å². The van der Waals surface area contributed by atoms with Gasteiger partial charge in [0.05, 0.1) is 23.0 Å². The second kappa shape index (κ2) is 6.85. The summed E-state index contributed by atoms with van der Waals surface area (Å²) in [4.78, 5) is 25.7. The van der Waals surface area contributed by atoms with Gasteiger partial charge in [-0.05, 0) is 76.7 Å². The molecule has 0 amide bonds. The van der Waals surface area contributed by atoms with E-state index in [2.05, 4.69) is 19.9 Å². The molecule has 2 aliphatic heterocycles. The van der Waals surface area contributed by atoms with Crippen LogP contribution < -0.4 is 0 Å². The standard InChI is InChI=1S/C30H40O6/c1-12-11-18-20-21(30(12)24(18)29(6,34)10-8-17-14(3)27(32)36-25(17)30)15(4)19-22(20)28(5,33)9-7-16-13(2)26(31)35-23(16)19/h11,13-14,16-18,20-25,33-34H,7-10H2,1-6H3/t13-,14-,16-,17-,18-,20+,21+,22?,23-,24+,25-,28-,29-,30+/m0/s1. The summed E-state index contributed by atoms with van der Waals surface area (Å²) >= 11 is 0. The lowest BCUT2D eigenvalue weighted by Gasteiger charge is -2.47. The van der Waals surface area contributed by atoms with Gasteiger partial charge in [0.25, 0.3) is 0 Å². The lowest BCUT2D eigenvalue weighted by Crippen LogP contribution is -2.51. The molecule has 2 saturated heterocycles. The van der Waals surface area contributed by atoms with Crippen LogP contribution in [0.3, 0.4) is 0 Å². The molecule has 0 aromatic carbocycles. The second-order valence-electron chi connectivity index (χ2n) is 13.9. The van der Waals surface area contributed by atoms with Gasteiger partial charge in [-0.25, -0.2) is 0 Å². The van der Waals surface area contributed by atoms with Gasteiger partial charge >= 0.3 is 11.9 Å². The zero-order chi connectivity index (χ0) is 25.7. The van der Waals surface area contributed by atoms with Gasteiger partial charge in [0.2, 0.25) is 0 Å². The molecule has 7 rings (SSSR count). The van der Waals surface area contributed by atoms with Crippen molar-refractivity contribution in [2.45, 2.75) is 90.6 Å². The first-order chi connectivity index (χ1) is 16.8. The molecule has 3 saturated carbocycles. The highest BCUT2D eigenvalue weighted by Gasteiger charge is 2.78. The van der Waals surface area contributed by atoms with Crippen molar-refractivity contribution in [2.75, 3.05) is 0 Å². The first kappa shape index (κ1) is 23.5. The smallest absolute Gasteiger partial charge is 0.309 e. The van der Waals surface area contributed by atoms with Crippen LogP contribution in [0.25, 0.3) is 0 Å². The Labute approximate surface area is 213 Å². The van der Waals surface area contributed by atoms with Gasteiger partial charge in [0.15, 0.2) is 0 Å². The number of hydrogen-bond acceptors (Lipinski definition) is 6. The number of rotatable bonds is 0. The highest BCUT2D eigenvalue weighted by atomic mass is 16.6. The van der Waals surface area contributed by atoms with E-state index < -0.39 is 16.6 Å². The zero-order valence-electron chi connectivity index (χ0n) is 22.3. The van der Waals surface area contributed by atoms with E-state index in [0.717, 1.165) is 18.4 Å². The second-order valence-corrected chi connectivity index (χ2v) is 13.9. The molecule has 2 heterocycles. The predicted octanol–water partition coefficient (Wildman–Crippen LogP) is 3.80.